The Balaban J connectivity index is 2.45. The summed E-state index contributed by atoms with van der Waals surface area (Å²) in [6.07, 6.45) is -0.328. The fraction of sp³-hybridized carbons (Fsp3) is 0.0870. The standard InChI is InChI=1S/C23H20F3N5O2/c1-3-8-14(4-2)29-20-12-17(32)21-16(23(24,25)26)11-19(28-13-18(27)33)30-22(21)31(20)15-9-6-5-7-10-15/h3-12,29H,1-2,13H2,(H2,27,33)(H,28,30)/b14-8+. The highest BCUT2D eigenvalue weighted by atomic mass is 19.4. The lowest BCUT2D eigenvalue weighted by Crippen LogP contribution is -2.24. The molecule has 7 nitrogen and oxygen atoms in total. The quantitative estimate of drug-likeness (QED) is 0.446. The van der Waals surface area contributed by atoms with Crippen molar-refractivity contribution in [3.05, 3.63) is 95.3 Å². The molecular weight excluding hydrogens is 435 g/mol. The van der Waals surface area contributed by atoms with Crippen LogP contribution in [0.15, 0.2) is 84.3 Å². The molecule has 2 heterocycles. The number of carbonyl (C=O) groups excluding carboxylic acids is 1. The zero-order chi connectivity index (χ0) is 24.2. The van der Waals surface area contributed by atoms with Gasteiger partial charge in [0.15, 0.2) is 11.1 Å². The van der Waals surface area contributed by atoms with Gasteiger partial charge in [-0.05, 0) is 30.4 Å². The van der Waals surface area contributed by atoms with E-state index in [0.717, 1.165) is 6.07 Å². The summed E-state index contributed by atoms with van der Waals surface area (Å²) < 4.78 is 43.2. The molecule has 0 fully saturated rings. The molecule has 1 aromatic carbocycles. The first-order valence-electron chi connectivity index (χ1n) is 9.63. The summed E-state index contributed by atoms with van der Waals surface area (Å²) in [5, 5.41) is 4.84. The van der Waals surface area contributed by atoms with Crippen LogP contribution in [0.4, 0.5) is 24.8 Å². The number of nitrogens with zero attached hydrogens (tertiary/aromatic N) is 2. The SMILES string of the molecule is C=C/C=C(\C=C)Nc1cc(=O)c2c(C(F)(F)F)cc(NCC(N)=O)nc2n1-c1ccccc1. The van der Waals surface area contributed by atoms with Crippen LogP contribution in [-0.2, 0) is 11.0 Å². The van der Waals surface area contributed by atoms with Gasteiger partial charge in [-0.2, -0.15) is 13.2 Å². The van der Waals surface area contributed by atoms with Crippen molar-refractivity contribution < 1.29 is 18.0 Å². The van der Waals surface area contributed by atoms with Crippen molar-refractivity contribution >= 4 is 28.6 Å². The second kappa shape index (κ2) is 9.43. The van der Waals surface area contributed by atoms with Crippen LogP contribution in [0.1, 0.15) is 5.56 Å². The first-order chi connectivity index (χ1) is 15.7. The molecule has 0 unspecified atom stereocenters. The summed E-state index contributed by atoms with van der Waals surface area (Å²) >= 11 is 0. The summed E-state index contributed by atoms with van der Waals surface area (Å²) in [7, 11) is 0. The summed E-state index contributed by atoms with van der Waals surface area (Å²) in [6, 6.07) is 10.2. The molecule has 0 spiro atoms. The zero-order valence-corrected chi connectivity index (χ0v) is 17.3. The van der Waals surface area contributed by atoms with E-state index in [-0.39, 0.29) is 17.3 Å². The maximum atomic E-state index is 13.9. The Labute approximate surface area is 186 Å². The maximum absolute atomic E-state index is 13.9. The fourth-order valence-corrected chi connectivity index (χ4v) is 3.17. The Kier molecular flexibility index (Phi) is 6.67. The molecular formula is C23H20F3N5O2. The number of nitrogens with two attached hydrogens (primary N) is 1. The van der Waals surface area contributed by atoms with E-state index < -0.39 is 35.0 Å². The molecule has 0 saturated carbocycles. The average Bonchev–Trinajstić information content (AvgIpc) is 2.76. The number of para-hydroxylation sites is 1. The molecule has 170 valence electrons. The number of hydrogen-bond acceptors (Lipinski definition) is 5. The maximum Gasteiger partial charge on any atom is 0.417 e. The van der Waals surface area contributed by atoms with E-state index in [4.69, 9.17) is 5.73 Å². The minimum absolute atomic E-state index is 0.152. The lowest BCUT2D eigenvalue weighted by atomic mass is 10.1. The van der Waals surface area contributed by atoms with Crippen molar-refractivity contribution in [3.63, 3.8) is 0 Å². The third-order valence-electron chi connectivity index (χ3n) is 4.52. The second-order valence-corrected chi connectivity index (χ2v) is 6.82. The lowest BCUT2D eigenvalue weighted by Gasteiger charge is -2.20. The van der Waals surface area contributed by atoms with E-state index in [1.54, 1.807) is 36.4 Å². The summed E-state index contributed by atoms with van der Waals surface area (Å²) in [4.78, 5) is 28.3. The molecule has 0 aliphatic carbocycles. The van der Waals surface area contributed by atoms with Gasteiger partial charge in [0.1, 0.15) is 11.6 Å². The number of benzene rings is 1. The number of nitrogens with one attached hydrogen (secondary N) is 2. The van der Waals surface area contributed by atoms with Gasteiger partial charge in [0, 0.05) is 17.5 Å². The van der Waals surface area contributed by atoms with E-state index in [1.165, 1.54) is 16.7 Å². The topological polar surface area (TPSA) is 102 Å². The van der Waals surface area contributed by atoms with Gasteiger partial charge in [-0.3, -0.25) is 14.2 Å². The number of alkyl halides is 3. The summed E-state index contributed by atoms with van der Waals surface area (Å²) in [6.45, 7) is 6.85. The number of halogens is 3. The Bertz CT molecular complexity index is 1310. The van der Waals surface area contributed by atoms with E-state index >= 15 is 0 Å². The van der Waals surface area contributed by atoms with E-state index in [9.17, 15) is 22.8 Å². The number of aromatic nitrogens is 2. The van der Waals surface area contributed by atoms with Crippen molar-refractivity contribution in [1.29, 1.82) is 0 Å². The summed E-state index contributed by atoms with van der Waals surface area (Å²) in [5.74, 6) is -0.897. The highest BCUT2D eigenvalue weighted by Crippen LogP contribution is 2.36. The van der Waals surface area contributed by atoms with Crippen LogP contribution in [0.2, 0.25) is 0 Å². The van der Waals surface area contributed by atoms with Crippen LogP contribution < -0.4 is 21.8 Å². The van der Waals surface area contributed by atoms with Gasteiger partial charge in [-0.15, -0.1) is 0 Å². The number of primary amides is 1. The lowest BCUT2D eigenvalue weighted by molar-refractivity contribution is -0.136. The average molecular weight is 455 g/mol. The Morgan fingerprint density at radius 3 is 2.45 bits per heavy atom. The molecule has 0 aliphatic rings. The monoisotopic (exact) mass is 455 g/mol. The van der Waals surface area contributed by atoms with Gasteiger partial charge < -0.3 is 16.4 Å². The molecule has 1 amide bonds. The van der Waals surface area contributed by atoms with E-state index in [0.29, 0.717) is 17.5 Å². The van der Waals surface area contributed by atoms with E-state index in [2.05, 4.69) is 28.8 Å². The molecule has 3 rings (SSSR count). The number of hydrogen-bond donors (Lipinski definition) is 3. The summed E-state index contributed by atoms with van der Waals surface area (Å²) in [5.41, 5.74) is 3.66. The Morgan fingerprint density at radius 2 is 1.88 bits per heavy atom. The van der Waals surface area contributed by atoms with Gasteiger partial charge in [0.05, 0.1) is 17.5 Å². The zero-order valence-electron chi connectivity index (χ0n) is 17.3. The fourth-order valence-electron chi connectivity index (χ4n) is 3.17. The number of pyridine rings is 2. The van der Waals surface area contributed by atoms with Gasteiger partial charge in [-0.1, -0.05) is 37.4 Å². The highest BCUT2D eigenvalue weighted by molar-refractivity contribution is 5.86. The van der Waals surface area contributed by atoms with Crippen LogP contribution in [0.5, 0.6) is 0 Å². The predicted octanol–water partition coefficient (Wildman–Crippen LogP) is 3.97. The molecule has 0 bridgehead atoms. The van der Waals surface area contributed by atoms with Crippen LogP contribution in [0.3, 0.4) is 0 Å². The number of carbonyl (C=O) groups is 1. The van der Waals surface area contributed by atoms with E-state index in [1.807, 2.05) is 0 Å². The molecule has 0 aliphatic heterocycles. The molecule has 3 aromatic rings. The minimum atomic E-state index is -4.86. The molecule has 10 heteroatoms. The third-order valence-corrected chi connectivity index (χ3v) is 4.52. The van der Waals surface area contributed by atoms with Crippen LogP contribution in [0.25, 0.3) is 16.7 Å². The molecule has 33 heavy (non-hydrogen) atoms. The Morgan fingerprint density at radius 1 is 1.18 bits per heavy atom. The largest absolute Gasteiger partial charge is 0.417 e. The highest BCUT2D eigenvalue weighted by Gasteiger charge is 2.35. The number of allylic oxidation sites excluding steroid dienone is 3. The van der Waals surface area contributed by atoms with Crippen molar-refractivity contribution in [2.75, 3.05) is 17.2 Å². The van der Waals surface area contributed by atoms with Gasteiger partial charge in [-0.25, -0.2) is 4.98 Å². The number of amides is 1. The minimum Gasteiger partial charge on any atom is -0.368 e. The van der Waals surface area contributed by atoms with Crippen LogP contribution >= 0.6 is 0 Å². The molecule has 2 aromatic heterocycles. The molecule has 0 radical (unpaired) electrons. The predicted molar refractivity (Wildman–Crippen MR) is 122 cm³/mol. The van der Waals surface area contributed by atoms with Crippen molar-refractivity contribution in [1.82, 2.24) is 9.55 Å². The van der Waals surface area contributed by atoms with Crippen molar-refractivity contribution in [3.8, 4) is 5.69 Å². The van der Waals surface area contributed by atoms with Gasteiger partial charge in [0.2, 0.25) is 5.91 Å². The second-order valence-electron chi connectivity index (χ2n) is 6.82. The normalized spacial score (nSPS) is 11.8. The first-order valence-corrected chi connectivity index (χ1v) is 9.63. The van der Waals surface area contributed by atoms with Crippen molar-refractivity contribution in [2.24, 2.45) is 5.73 Å². The number of fused-ring (bicyclic) bond motifs is 1. The molecule has 0 saturated heterocycles. The van der Waals surface area contributed by atoms with Crippen molar-refractivity contribution in [2.45, 2.75) is 6.18 Å². The van der Waals surface area contributed by atoms with Gasteiger partial charge >= 0.3 is 6.18 Å². The van der Waals surface area contributed by atoms with Gasteiger partial charge in [0.25, 0.3) is 0 Å². The molecule has 0 atom stereocenters. The third kappa shape index (κ3) is 5.12. The number of anilines is 2. The number of rotatable bonds is 8. The molecule has 4 N–H and O–H groups in total. The smallest absolute Gasteiger partial charge is 0.368 e. The first kappa shape index (κ1) is 23.3. The Hall–Kier alpha value is -4.34. The van der Waals surface area contributed by atoms with Crippen LogP contribution in [0, 0.1) is 0 Å². The van der Waals surface area contributed by atoms with Crippen LogP contribution in [-0.4, -0.2) is 22.0 Å².